The molecule has 0 N–H and O–H groups in total. The molecule has 0 bridgehead atoms. The Morgan fingerprint density at radius 1 is 0.885 bits per heavy atom. The lowest BCUT2D eigenvalue weighted by molar-refractivity contribution is 0.0908. The predicted octanol–water partition coefficient (Wildman–Crippen LogP) is 5.76. The Bertz CT molecular complexity index is 802. The number of benzene rings is 2. The highest BCUT2D eigenvalue weighted by molar-refractivity contribution is 6.13. The van der Waals surface area contributed by atoms with E-state index in [0.29, 0.717) is 6.42 Å². The van der Waals surface area contributed by atoms with Crippen LogP contribution in [-0.2, 0) is 0 Å². The molecule has 1 heterocycles. The summed E-state index contributed by atoms with van der Waals surface area (Å²) in [5.41, 5.74) is 2.04. The van der Waals surface area contributed by atoms with Gasteiger partial charge in [-0.3, -0.25) is 9.36 Å². The number of carbonyl (C=O) groups excluding carboxylic acids is 1. The van der Waals surface area contributed by atoms with Gasteiger partial charge in [0.2, 0.25) is 5.91 Å². The van der Waals surface area contributed by atoms with Gasteiger partial charge in [-0.15, -0.1) is 12.4 Å². The van der Waals surface area contributed by atoms with Gasteiger partial charge < -0.3 is 4.90 Å². The molecule has 140 valence electrons. The van der Waals surface area contributed by atoms with Crippen LogP contribution in [0.2, 0.25) is 0 Å². The number of halogens is 1. The smallest absolute Gasteiger partial charge is 0.231 e. The topological polar surface area (TPSA) is 25.2 Å². The predicted molar refractivity (Wildman–Crippen MR) is 114 cm³/mol. The highest BCUT2D eigenvalue weighted by Gasteiger charge is 2.14. The molecule has 1 aromatic heterocycles. The van der Waals surface area contributed by atoms with Gasteiger partial charge >= 0.3 is 0 Å². The van der Waals surface area contributed by atoms with Crippen LogP contribution < -0.4 is 0 Å². The number of fused-ring (bicyclic) bond motifs is 3. The molecular weight excluding hydrogens is 344 g/mol. The number of rotatable bonds is 8. The van der Waals surface area contributed by atoms with Crippen LogP contribution in [0.3, 0.4) is 0 Å². The molecule has 0 fully saturated rings. The third-order valence-electron chi connectivity index (χ3n) is 4.90. The van der Waals surface area contributed by atoms with Crippen molar-refractivity contribution in [2.75, 3.05) is 20.1 Å². The second kappa shape index (κ2) is 9.75. The fourth-order valence-electron chi connectivity index (χ4n) is 3.50. The number of para-hydroxylation sites is 2. The standard InChI is InChI=1S/C22H28N2O.ClH/c1-3-4-16-23(2)17-10-9-15-22(25)24-20-13-7-5-11-18(20)19-12-6-8-14-21(19)24;/h5-8,11-14H,3-4,9-10,15-17H2,1-2H3;1H. The maximum Gasteiger partial charge on any atom is 0.231 e. The molecule has 0 amide bonds. The van der Waals surface area contributed by atoms with Gasteiger partial charge in [0.1, 0.15) is 0 Å². The number of carbonyl (C=O) groups is 1. The third kappa shape index (κ3) is 4.46. The minimum atomic E-state index is 0. The Morgan fingerprint density at radius 3 is 2.00 bits per heavy atom. The summed E-state index contributed by atoms with van der Waals surface area (Å²) in [6.45, 7) is 4.44. The zero-order chi connectivity index (χ0) is 17.6. The van der Waals surface area contributed by atoms with Crippen molar-refractivity contribution in [2.24, 2.45) is 0 Å². The van der Waals surface area contributed by atoms with Crippen molar-refractivity contribution in [1.29, 1.82) is 0 Å². The van der Waals surface area contributed by atoms with Gasteiger partial charge in [0.05, 0.1) is 11.0 Å². The van der Waals surface area contributed by atoms with Crippen molar-refractivity contribution in [1.82, 2.24) is 9.47 Å². The van der Waals surface area contributed by atoms with Gasteiger partial charge in [-0.05, 0) is 51.5 Å². The number of aromatic nitrogens is 1. The first kappa shape index (κ1) is 20.5. The molecule has 3 aromatic rings. The number of hydrogen-bond donors (Lipinski definition) is 0. The summed E-state index contributed by atoms with van der Waals surface area (Å²) < 4.78 is 1.91. The summed E-state index contributed by atoms with van der Waals surface area (Å²) >= 11 is 0. The lowest BCUT2D eigenvalue weighted by Gasteiger charge is -2.15. The molecule has 0 atom stereocenters. The minimum Gasteiger partial charge on any atom is -0.306 e. The van der Waals surface area contributed by atoms with Crippen LogP contribution in [0.1, 0.15) is 43.8 Å². The quantitative estimate of drug-likeness (QED) is 0.470. The van der Waals surface area contributed by atoms with Crippen molar-refractivity contribution in [2.45, 2.75) is 39.0 Å². The molecule has 0 saturated heterocycles. The Labute approximate surface area is 162 Å². The van der Waals surface area contributed by atoms with Crippen molar-refractivity contribution in [3.8, 4) is 0 Å². The number of nitrogens with zero attached hydrogens (tertiary/aromatic N) is 2. The van der Waals surface area contributed by atoms with Crippen LogP contribution in [0.25, 0.3) is 21.8 Å². The van der Waals surface area contributed by atoms with Crippen LogP contribution >= 0.6 is 12.4 Å². The Balaban J connectivity index is 0.00000243. The van der Waals surface area contributed by atoms with E-state index in [9.17, 15) is 4.79 Å². The van der Waals surface area contributed by atoms with Crippen molar-refractivity contribution >= 4 is 40.1 Å². The molecule has 3 nitrogen and oxygen atoms in total. The summed E-state index contributed by atoms with van der Waals surface area (Å²) in [5.74, 6) is 0.202. The Kier molecular flexibility index (Phi) is 7.67. The summed E-state index contributed by atoms with van der Waals surface area (Å²) in [6, 6.07) is 16.4. The summed E-state index contributed by atoms with van der Waals surface area (Å²) in [6.07, 6.45) is 5.09. The van der Waals surface area contributed by atoms with Gasteiger partial charge in [0.25, 0.3) is 0 Å². The molecule has 0 spiro atoms. The second-order valence-corrected chi connectivity index (χ2v) is 6.88. The van der Waals surface area contributed by atoms with Crippen LogP contribution in [0.15, 0.2) is 48.5 Å². The summed E-state index contributed by atoms with van der Waals surface area (Å²) in [5, 5.41) is 2.32. The average molecular weight is 373 g/mol. The zero-order valence-corrected chi connectivity index (χ0v) is 16.6. The molecule has 0 saturated carbocycles. The van der Waals surface area contributed by atoms with Crippen LogP contribution in [0.5, 0.6) is 0 Å². The highest BCUT2D eigenvalue weighted by Crippen LogP contribution is 2.29. The molecule has 0 aliphatic heterocycles. The van der Waals surface area contributed by atoms with Crippen molar-refractivity contribution in [3.05, 3.63) is 48.5 Å². The van der Waals surface area contributed by atoms with E-state index in [-0.39, 0.29) is 18.3 Å². The van der Waals surface area contributed by atoms with E-state index in [1.165, 1.54) is 12.8 Å². The first-order valence-electron chi connectivity index (χ1n) is 9.42. The fraction of sp³-hybridized carbons (Fsp3) is 0.409. The van der Waals surface area contributed by atoms with Crippen molar-refractivity contribution < 1.29 is 4.79 Å². The van der Waals surface area contributed by atoms with Gasteiger partial charge in [-0.2, -0.15) is 0 Å². The molecular formula is C22H29ClN2O. The van der Waals surface area contributed by atoms with E-state index < -0.39 is 0 Å². The summed E-state index contributed by atoms with van der Waals surface area (Å²) in [7, 11) is 2.17. The van der Waals surface area contributed by atoms with E-state index in [2.05, 4.69) is 31.0 Å². The SMILES string of the molecule is CCCCN(C)CCCCC(=O)n1c2ccccc2c2ccccc21.Cl. The van der Waals surface area contributed by atoms with Gasteiger partial charge in [-0.25, -0.2) is 0 Å². The molecule has 0 aliphatic carbocycles. The second-order valence-electron chi connectivity index (χ2n) is 6.88. The number of unbranched alkanes of at least 4 members (excludes halogenated alkanes) is 2. The third-order valence-corrected chi connectivity index (χ3v) is 4.90. The van der Waals surface area contributed by atoms with Gasteiger partial charge in [0.15, 0.2) is 0 Å². The molecule has 2 aromatic carbocycles. The van der Waals surface area contributed by atoms with E-state index in [1.54, 1.807) is 0 Å². The Morgan fingerprint density at radius 2 is 1.42 bits per heavy atom. The monoisotopic (exact) mass is 372 g/mol. The fourth-order valence-corrected chi connectivity index (χ4v) is 3.50. The minimum absolute atomic E-state index is 0. The first-order valence-corrected chi connectivity index (χ1v) is 9.42. The molecule has 0 aliphatic rings. The molecule has 0 radical (unpaired) electrons. The van der Waals surface area contributed by atoms with E-state index in [0.717, 1.165) is 47.7 Å². The van der Waals surface area contributed by atoms with Gasteiger partial charge in [0, 0.05) is 17.2 Å². The van der Waals surface area contributed by atoms with Crippen LogP contribution in [-0.4, -0.2) is 35.5 Å². The van der Waals surface area contributed by atoms with E-state index in [4.69, 9.17) is 0 Å². The molecule has 26 heavy (non-hydrogen) atoms. The Hall–Kier alpha value is -1.84. The average Bonchev–Trinajstić information content (AvgIpc) is 2.98. The van der Waals surface area contributed by atoms with Crippen LogP contribution in [0, 0.1) is 0 Å². The van der Waals surface area contributed by atoms with Crippen LogP contribution in [0.4, 0.5) is 0 Å². The highest BCUT2D eigenvalue weighted by atomic mass is 35.5. The molecule has 0 unspecified atom stereocenters. The lowest BCUT2D eigenvalue weighted by Crippen LogP contribution is -2.21. The maximum atomic E-state index is 12.9. The van der Waals surface area contributed by atoms with E-state index >= 15 is 0 Å². The lowest BCUT2D eigenvalue weighted by atomic mass is 10.2. The largest absolute Gasteiger partial charge is 0.306 e. The first-order chi connectivity index (χ1) is 12.2. The molecule has 4 heteroatoms. The zero-order valence-electron chi connectivity index (χ0n) is 15.8. The number of hydrogen-bond acceptors (Lipinski definition) is 2. The normalized spacial score (nSPS) is 11.2. The summed E-state index contributed by atoms with van der Waals surface area (Å²) in [4.78, 5) is 15.3. The van der Waals surface area contributed by atoms with Crippen molar-refractivity contribution in [3.63, 3.8) is 0 Å². The molecule has 3 rings (SSSR count). The van der Waals surface area contributed by atoms with E-state index in [1.807, 2.05) is 41.0 Å². The maximum absolute atomic E-state index is 12.9. The van der Waals surface area contributed by atoms with Gasteiger partial charge in [-0.1, -0.05) is 49.7 Å².